The van der Waals surface area contributed by atoms with Crippen LogP contribution in [0.15, 0.2) is 42.7 Å². The highest BCUT2D eigenvalue weighted by molar-refractivity contribution is 5.83. The molecule has 1 aliphatic rings. The molecule has 8 heteroatoms. The van der Waals surface area contributed by atoms with Gasteiger partial charge in [-0.25, -0.2) is 9.50 Å². The first kappa shape index (κ1) is 21.1. The number of rotatable bonds is 4. The van der Waals surface area contributed by atoms with Crippen molar-refractivity contribution in [3.8, 4) is 16.9 Å². The largest absolute Gasteiger partial charge is 0.496 e. The molecule has 3 aromatic rings. The molecule has 1 aliphatic heterocycles. The van der Waals surface area contributed by atoms with E-state index in [1.54, 1.807) is 11.6 Å². The van der Waals surface area contributed by atoms with Gasteiger partial charge in [0.05, 0.1) is 24.9 Å². The van der Waals surface area contributed by atoms with Crippen molar-refractivity contribution in [1.29, 1.82) is 0 Å². The molecule has 1 amide bonds. The number of para-hydroxylation sites is 1. The Morgan fingerprint density at radius 2 is 1.81 bits per heavy atom. The lowest BCUT2D eigenvalue weighted by Gasteiger charge is -2.38. The van der Waals surface area contributed by atoms with Crippen LogP contribution in [0.5, 0.6) is 5.75 Å². The summed E-state index contributed by atoms with van der Waals surface area (Å²) >= 11 is 0. The third kappa shape index (κ3) is 4.07. The van der Waals surface area contributed by atoms with E-state index < -0.39 is 6.04 Å². The number of benzene rings is 1. The molecule has 1 fully saturated rings. The number of carbonyl (C=O) groups is 1. The third-order valence-corrected chi connectivity index (χ3v) is 5.87. The molecule has 8 nitrogen and oxygen atoms in total. The molecule has 0 saturated carbocycles. The van der Waals surface area contributed by atoms with Crippen molar-refractivity contribution in [2.45, 2.75) is 26.8 Å². The Morgan fingerprint density at radius 3 is 2.48 bits per heavy atom. The van der Waals surface area contributed by atoms with Gasteiger partial charge in [0.15, 0.2) is 5.65 Å². The van der Waals surface area contributed by atoms with Crippen LogP contribution in [-0.4, -0.2) is 64.7 Å². The summed E-state index contributed by atoms with van der Waals surface area (Å²) in [5.74, 6) is 1.67. The van der Waals surface area contributed by atoms with Gasteiger partial charge in [-0.05, 0) is 17.5 Å². The molecule has 0 radical (unpaired) electrons. The Labute approximate surface area is 182 Å². The van der Waals surface area contributed by atoms with Crippen LogP contribution >= 0.6 is 0 Å². The molecule has 3 heterocycles. The second-order valence-corrected chi connectivity index (χ2v) is 8.97. The number of aromatic nitrogens is 3. The first-order valence-electron chi connectivity index (χ1n) is 10.6. The van der Waals surface area contributed by atoms with E-state index in [-0.39, 0.29) is 11.3 Å². The first-order chi connectivity index (χ1) is 14.8. The molecule has 31 heavy (non-hydrogen) atoms. The number of hydrogen-bond acceptors (Lipinski definition) is 6. The van der Waals surface area contributed by atoms with Crippen molar-refractivity contribution in [3.05, 3.63) is 42.7 Å². The van der Waals surface area contributed by atoms with Gasteiger partial charge in [-0.15, -0.1) is 0 Å². The molecule has 1 aromatic carbocycles. The predicted molar refractivity (Wildman–Crippen MR) is 121 cm³/mol. The molecule has 2 aromatic heterocycles. The maximum atomic E-state index is 12.7. The summed E-state index contributed by atoms with van der Waals surface area (Å²) in [6.45, 7) is 8.68. The minimum atomic E-state index is -0.497. The number of amides is 1. The van der Waals surface area contributed by atoms with Crippen LogP contribution in [0.25, 0.3) is 16.8 Å². The third-order valence-electron chi connectivity index (χ3n) is 5.87. The van der Waals surface area contributed by atoms with Gasteiger partial charge in [0.2, 0.25) is 5.91 Å². The van der Waals surface area contributed by atoms with E-state index in [1.165, 1.54) is 0 Å². The molecule has 0 unspecified atom stereocenters. The molecule has 1 atom stereocenters. The van der Waals surface area contributed by atoms with Crippen molar-refractivity contribution in [1.82, 2.24) is 19.5 Å². The van der Waals surface area contributed by atoms with Crippen molar-refractivity contribution in [2.24, 2.45) is 11.1 Å². The Morgan fingerprint density at radius 1 is 1.10 bits per heavy atom. The number of ether oxygens (including phenoxy) is 1. The Kier molecular flexibility index (Phi) is 5.58. The molecule has 0 spiro atoms. The van der Waals surface area contributed by atoms with E-state index in [9.17, 15) is 4.79 Å². The predicted octanol–water partition coefficient (Wildman–Crippen LogP) is 2.43. The monoisotopic (exact) mass is 422 g/mol. The van der Waals surface area contributed by atoms with Crippen LogP contribution < -0.4 is 15.4 Å². The molecule has 0 bridgehead atoms. The summed E-state index contributed by atoms with van der Waals surface area (Å²) < 4.78 is 7.29. The number of fused-ring (bicyclic) bond motifs is 1. The number of anilines is 1. The lowest BCUT2D eigenvalue weighted by Crippen LogP contribution is -2.56. The SMILES string of the molecule is COc1ccccc1-c1cnn2ccc(N3CCN(C(=O)[C@@H](N)C(C)(C)C)CC3)nc12. The van der Waals surface area contributed by atoms with Crippen LogP contribution in [0.4, 0.5) is 5.82 Å². The van der Waals surface area contributed by atoms with Crippen LogP contribution in [-0.2, 0) is 4.79 Å². The second-order valence-electron chi connectivity index (χ2n) is 8.97. The zero-order valence-corrected chi connectivity index (χ0v) is 18.6. The van der Waals surface area contributed by atoms with Crippen molar-refractivity contribution in [3.63, 3.8) is 0 Å². The highest BCUT2D eigenvalue weighted by Gasteiger charge is 2.32. The van der Waals surface area contributed by atoms with Gasteiger partial charge in [-0.3, -0.25) is 4.79 Å². The fourth-order valence-corrected chi connectivity index (χ4v) is 3.82. The minimum absolute atomic E-state index is 0.0183. The van der Waals surface area contributed by atoms with Crippen molar-refractivity contribution >= 4 is 17.4 Å². The lowest BCUT2D eigenvalue weighted by molar-refractivity contribution is -0.135. The lowest BCUT2D eigenvalue weighted by atomic mass is 9.86. The van der Waals surface area contributed by atoms with E-state index in [1.807, 2.05) is 68.4 Å². The maximum absolute atomic E-state index is 12.7. The van der Waals surface area contributed by atoms with Gasteiger partial charge in [0.1, 0.15) is 11.6 Å². The zero-order chi connectivity index (χ0) is 22.2. The summed E-state index contributed by atoms with van der Waals surface area (Å²) in [6.07, 6.45) is 3.73. The van der Waals surface area contributed by atoms with Crippen LogP contribution in [0.3, 0.4) is 0 Å². The average Bonchev–Trinajstić information content (AvgIpc) is 3.20. The quantitative estimate of drug-likeness (QED) is 0.695. The van der Waals surface area contributed by atoms with Crippen LogP contribution in [0, 0.1) is 5.41 Å². The van der Waals surface area contributed by atoms with Gasteiger partial charge in [0, 0.05) is 37.9 Å². The van der Waals surface area contributed by atoms with Crippen molar-refractivity contribution in [2.75, 3.05) is 38.2 Å². The molecule has 0 aliphatic carbocycles. The molecule has 1 saturated heterocycles. The standard InChI is InChI=1S/C23H30N6O2/c1-23(2,3)20(24)22(30)28-13-11-27(12-14-28)19-9-10-29-21(26-19)17(15-25-29)16-7-5-6-8-18(16)31-4/h5-10,15,20H,11-14,24H2,1-4H3/t20-/m1/s1. The molecular formula is C23H30N6O2. The van der Waals surface area contributed by atoms with E-state index in [0.717, 1.165) is 28.3 Å². The number of hydrogen-bond donors (Lipinski definition) is 1. The fourth-order valence-electron chi connectivity index (χ4n) is 3.82. The Hall–Kier alpha value is -3.13. The Balaban J connectivity index is 1.55. The highest BCUT2D eigenvalue weighted by atomic mass is 16.5. The van der Waals surface area contributed by atoms with Gasteiger partial charge in [0.25, 0.3) is 0 Å². The van der Waals surface area contributed by atoms with E-state index >= 15 is 0 Å². The zero-order valence-electron chi connectivity index (χ0n) is 18.6. The number of methoxy groups -OCH3 is 1. The minimum Gasteiger partial charge on any atom is -0.496 e. The first-order valence-corrected chi connectivity index (χ1v) is 10.6. The van der Waals surface area contributed by atoms with Gasteiger partial charge in [-0.1, -0.05) is 39.0 Å². The average molecular weight is 423 g/mol. The number of carbonyl (C=O) groups excluding carboxylic acids is 1. The molecule has 2 N–H and O–H groups in total. The van der Waals surface area contributed by atoms with Crippen LogP contribution in [0.1, 0.15) is 20.8 Å². The van der Waals surface area contributed by atoms with Gasteiger partial charge >= 0.3 is 0 Å². The second kappa shape index (κ2) is 8.19. The summed E-state index contributed by atoms with van der Waals surface area (Å²) in [7, 11) is 1.66. The maximum Gasteiger partial charge on any atom is 0.240 e. The number of nitrogens with zero attached hydrogens (tertiary/aromatic N) is 5. The topological polar surface area (TPSA) is 89.0 Å². The highest BCUT2D eigenvalue weighted by Crippen LogP contribution is 2.32. The van der Waals surface area contributed by atoms with Crippen molar-refractivity contribution < 1.29 is 9.53 Å². The van der Waals surface area contributed by atoms with E-state index in [2.05, 4.69) is 10.00 Å². The summed E-state index contributed by atoms with van der Waals surface area (Å²) in [4.78, 5) is 21.7. The van der Waals surface area contributed by atoms with E-state index in [0.29, 0.717) is 26.2 Å². The van der Waals surface area contributed by atoms with Gasteiger partial charge < -0.3 is 20.3 Å². The molecular weight excluding hydrogens is 392 g/mol. The molecule has 164 valence electrons. The summed E-state index contributed by atoms with van der Waals surface area (Å²) in [5.41, 5.74) is 8.58. The number of nitrogens with two attached hydrogens (primary N) is 1. The smallest absolute Gasteiger partial charge is 0.240 e. The summed E-state index contributed by atoms with van der Waals surface area (Å²) in [6, 6.07) is 9.32. The van der Waals surface area contributed by atoms with E-state index in [4.69, 9.17) is 15.5 Å². The molecule has 4 rings (SSSR count). The van der Waals surface area contributed by atoms with Crippen LogP contribution in [0.2, 0.25) is 0 Å². The number of piperazine rings is 1. The normalized spacial score (nSPS) is 15.9. The fraction of sp³-hybridized carbons (Fsp3) is 0.435. The van der Waals surface area contributed by atoms with Gasteiger partial charge in [-0.2, -0.15) is 5.10 Å². The Bertz CT molecular complexity index is 1080. The summed E-state index contributed by atoms with van der Waals surface area (Å²) in [5, 5.41) is 4.45.